The average Bonchev–Trinajstić information content (AvgIpc) is 2.81. The van der Waals surface area contributed by atoms with Crippen LogP contribution in [0.25, 0.3) is 0 Å². The Labute approximate surface area is 202 Å². The number of benzene rings is 3. The zero-order valence-corrected chi connectivity index (χ0v) is 19.6. The summed E-state index contributed by atoms with van der Waals surface area (Å²) in [5.41, 5.74) is 2.62. The van der Waals surface area contributed by atoms with Gasteiger partial charge in [-0.1, -0.05) is 35.3 Å². The predicted octanol–water partition coefficient (Wildman–Crippen LogP) is 6.09. The molecular formula is C25H23Cl2N3O3. The first kappa shape index (κ1) is 23.0. The minimum atomic E-state index is -0.268. The van der Waals surface area contributed by atoms with Crippen LogP contribution in [0.3, 0.4) is 0 Å². The van der Waals surface area contributed by atoms with E-state index in [4.69, 9.17) is 27.9 Å². The smallest absolute Gasteiger partial charge is 0.324 e. The summed E-state index contributed by atoms with van der Waals surface area (Å²) in [6.45, 7) is 1.66. The van der Waals surface area contributed by atoms with Gasteiger partial charge in [-0.15, -0.1) is 0 Å². The molecule has 3 amide bonds. The normalized spacial score (nSPS) is 13.7. The van der Waals surface area contributed by atoms with E-state index in [0.29, 0.717) is 52.4 Å². The van der Waals surface area contributed by atoms with Gasteiger partial charge in [-0.05, 0) is 66.6 Å². The van der Waals surface area contributed by atoms with Gasteiger partial charge < -0.3 is 15.0 Å². The number of methoxy groups -OCH3 is 1. The van der Waals surface area contributed by atoms with E-state index in [9.17, 15) is 9.59 Å². The Morgan fingerprint density at radius 3 is 2.52 bits per heavy atom. The van der Waals surface area contributed by atoms with Crippen LogP contribution in [0, 0.1) is 0 Å². The number of urea groups is 1. The van der Waals surface area contributed by atoms with E-state index in [1.165, 1.54) is 0 Å². The number of hydrogen-bond donors (Lipinski definition) is 1. The van der Waals surface area contributed by atoms with Crippen molar-refractivity contribution in [3.63, 3.8) is 0 Å². The summed E-state index contributed by atoms with van der Waals surface area (Å²) in [6, 6.07) is 19.3. The molecule has 1 aliphatic heterocycles. The van der Waals surface area contributed by atoms with Crippen molar-refractivity contribution in [3.8, 4) is 5.75 Å². The Balaban J connectivity index is 1.55. The van der Waals surface area contributed by atoms with Crippen LogP contribution < -0.4 is 15.0 Å². The summed E-state index contributed by atoms with van der Waals surface area (Å²) >= 11 is 12.0. The van der Waals surface area contributed by atoms with Gasteiger partial charge in [0.05, 0.1) is 12.8 Å². The van der Waals surface area contributed by atoms with Crippen LogP contribution in [0.5, 0.6) is 5.75 Å². The van der Waals surface area contributed by atoms with Gasteiger partial charge in [0.2, 0.25) is 0 Å². The third-order valence-corrected chi connectivity index (χ3v) is 5.89. The summed E-state index contributed by atoms with van der Waals surface area (Å²) in [5.74, 6) is 0.285. The number of nitrogens with one attached hydrogen (secondary N) is 1. The lowest BCUT2D eigenvalue weighted by Gasteiger charge is -2.36. The minimum Gasteiger partial charge on any atom is -0.495 e. The third kappa shape index (κ3) is 5.41. The van der Waals surface area contributed by atoms with Crippen molar-refractivity contribution in [1.29, 1.82) is 0 Å². The number of amides is 3. The van der Waals surface area contributed by atoms with Gasteiger partial charge in [0.25, 0.3) is 5.91 Å². The van der Waals surface area contributed by atoms with Crippen LogP contribution in [0.1, 0.15) is 22.3 Å². The molecule has 0 unspecified atom stereocenters. The third-order valence-electron chi connectivity index (χ3n) is 5.41. The van der Waals surface area contributed by atoms with Gasteiger partial charge in [0.1, 0.15) is 5.75 Å². The number of halogens is 2. The lowest BCUT2D eigenvalue weighted by molar-refractivity contribution is 0.102. The second kappa shape index (κ2) is 10.1. The molecule has 1 aliphatic rings. The van der Waals surface area contributed by atoms with Crippen LogP contribution >= 0.6 is 23.2 Å². The van der Waals surface area contributed by atoms with Crippen molar-refractivity contribution in [2.45, 2.75) is 13.0 Å². The van der Waals surface area contributed by atoms with Crippen molar-refractivity contribution >= 4 is 46.5 Å². The molecule has 1 fully saturated rings. The summed E-state index contributed by atoms with van der Waals surface area (Å²) in [5, 5.41) is 4.07. The van der Waals surface area contributed by atoms with Crippen molar-refractivity contribution in [2.75, 3.05) is 30.4 Å². The van der Waals surface area contributed by atoms with E-state index in [-0.39, 0.29) is 11.9 Å². The highest BCUT2D eigenvalue weighted by Crippen LogP contribution is 2.34. The van der Waals surface area contributed by atoms with Crippen molar-refractivity contribution in [3.05, 3.63) is 87.9 Å². The number of nitrogens with zero attached hydrogens (tertiary/aromatic N) is 2. The molecule has 3 aromatic rings. The fraction of sp³-hybridized carbons (Fsp3) is 0.200. The number of rotatable bonds is 6. The van der Waals surface area contributed by atoms with Gasteiger partial charge in [0.15, 0.2) is 0 Å². The van der Waals surface area contributed by atoms with Crippen LogP contribution in [-0.4, -0.2) is 37.0 Å². The molecule has 1 saturated heterocycles. The molecule has 33 heavy (non-hydrogen) atoms. The molecule has 4 rings (SSSR count). The molecule has 170 valence electrons. The Bertz CT molecular complexity index is 1170. The average molecular weight is 484 g/mol. The highest BCUT2D eigenvalue weighted by atomic mass is 35.5. The zero-order chi connectivity index (χ0) is 23.4. The summed E-state index contributed by atoms with van der Waals surface area (Å²) in [4.78, 5) is 29.4. The molecule has 0 aromatic heterocycles. The minimum absolute atomic E-state index is 0.124. The molecular weight excluding hydrogens is 461 g/mol. The number of carbonyl (C=O) groups is 2. The van der Waals surface area contributed by atoms with Gasteiger partial charge in [-0.25, -0.2) is 4.79 Å². The maximum atomic E-state index is 13.3. The summed E-state index contributed by atoms with van der Waals surface area (Å²) in [7, 11) is 1.56. The Hall–Kier alpha value is -3.22. The van der Waals surface area contributed by atoms with Crippen molar-refractivity contribution in [2.24, 2.45) is 0 Å². The van der Waals surface area contributed by atoms with Crippen molar-refractivity contribution in [1.82, 2.24) is 4.90 Å². The van der Waals surface area contributed by atoms with E-state index >= 15 is 0 Å². The van der Waals surface area contributed by atoms with Crippen LogP contribution in [0.15, 0.2) is 66.7 Å². The molecule has 0 aliphatic carbocycles. The van der Waals surface area contributed by atoms with Crippen LogP contribution in [-0.2, 0) is 6.54 Å². The van der Waals surface area contributed by atoms with Crippen LogP contribution in [0.2, 0.25) is 10.0 Å². The van der Waals surface area contributed by atoms with Gasteiger partial charge in [-0.3, -0.25) is 9.69 Å². The molecule has 8 heteroatoms. The van der Waals surface area contributed by atoms with E-state index < -0.39 is 0 Å². The highest BCUT2D eigenvalue weighted by molar-refractivity contribution is 6.31. The lowest BCUT2D eigenvalue weighted by atomic mass is 10.1. The Morgan fingerprint density at radius 1 is 1.00 bits per heavy atom. The van der Waals surface area contributed by atoms with E-state index in [0.717, 1.165) is 12.0 Å². The quantitative estimate of drug-likeness (QED) is 0.461. The molecule has 0 spiro atoms. The Kier molecular flexibility index (Phi) is 7.06. The second-order valence-corrected chi connectivity index (χ2v) is 8.56. The SMILES string of the molecule is COc1ccc(NC(=O)c2ccc(Cl)cc2)cc1N1CCCN(Cc2cccc(Cl)c2)C1=O. The summed E-state index contributed by atoms with van der Waals surface area (Å²) in [6.07, 6.45) is 0.802. The Morgan fingerprint density at radius 2 is 1.79 bits per heavy atom. The predicted molar refractivity (Wildman–Crippen MR) is 132 cm³/mol. The maximum absolute atomic E-state index is 13.3. The number of carbonyl (C=O) groups excluding carboxylic acids is 2. The first-order valence-electron chi connectivity index (χ1n) is 10.5. The topological polar surface area (TPSA) is 61.9 Å². The molecule has 0 bridgehead atoms. The first-order valence-corrected chi connectivity index (χ1v) is 11.3. The maximum Gasteiger partial charge on any atom is 0.324 e. The number of anilines is 2. The monoisotopic (exact) mass is 483 g/mol. The molecule has 0 atom stereocenters. The van der Waals surface area contributed by atoms with Crippen LogP contribution in [0.4, 0.5) is 16.2 Å². The number of ether oxygens (including phenoxy) is 1. The lowest BCUT2D eigenvalue weighted by Crippen LogP contribution is -2.49. The van der Waals surface area contributed by atoms with E-state index in [1.807, 2.05) is 24.3 Å². The molecule has 0 radical (unpaired) electrons. The van der Waals surface area contributed by atoms with Crippen molar-refractivity contribution < 1.29 is 14.3 Å². The molecule has 1 heterocycles. The molecule has 6 nitrogen and oxygen atoms in total. The van der Waals surface area contributed by atoms with Gasteiger partial charge >= 0.3 is 6.03 Å². The standard InChI is InChI=1S/C25H23Cl2N3O3/c1-33-23-11-10-21(28-24(31)18-6-8-19(26)9-7-18)15-22(23)30-13-3-12-29(25(30)32)16-17-4-2-5-20(27)14-17/h2,4-11,14-15H,3,12-13,16H2,1H3,(H,28,31). The molecule has 1 N–H and O–H groups in total. The highest BCUT2D eigenvalue weighted by Gasteiger charge is 2.29. The summed E-state index contributed by atoms with van der Waals surface area (Å²) < 4.78 is 5.52. The van der Waals surface area contributed by atoms with Gasteiger partial charge in [-0.2, -0.15) is 0 Å². The van der Waals surface area contributed by atoms with E-state index in [1.54, 1.807) is 59.4 Å². The van der Waals surface area contributed by atoms with Gasteiger partial charge in [0, 0.05) is 40.9 Å². The number of hydrogen-bond acceptors (Lipinski definition) is 3. The fourth-order valence-corrected chi connectivity index (χ4v) is 4.13. The first-order chi connectivity index (χ1) is 15.9. The fourth-order valence-electron chi connectivity index (χ4n) is 3.79. The molecule has 0 saturated carbocycles. The second-order valence-electron chi connectivity index (χ2n) is 7.69. The van der Waals surface area contributed by atoms with E-state index in [2.05, 4.69) is 5.32 Å². The zero-order valence-electron chi connectivity index (χ0n) is 18.1. The largest absolute Gasteiger partial charge is 0.495 e. The molecule has 3 aromatic carbocycles.